The van der Waals surface area contributed by atoms with E-state index in [1.54, 1.807) is 12.4 Å². The summed E-state index contributed by atoms with van der Waals surface area (Å²) in [6.07, 6.45) is 9.28. The minimum Gasteiger partial charge on any atom is -0.468 e. The van der Waals surface area contributed by atoms with Crippen LogP contribution >= 0.6 is 0 Å². The van der Waals surface area contributed by atoms with Gasteiger partial charge in [-0.15, -0.1) is 0 Å². The standard InChI is InChI=1S/C20H28N2O4/c1-18(2,3)26-17(24)20(8-6-5-7-9-20)15-21-12-14(13-22-15)19(10-11-19)16(23)25-4/h12-13H,5-11H2,1-4H3. The van der Waals surface area contributed by atoms with Gasteiger partial charge in [0, 0.05) is 18.0 Å². The van der Waals surface area contributed by atoms with Crippen molar-refractivity contribution in [2.75, 3.05) is 7.11 Å². The van der Waals surface area contributed by atoms with Crippen LogP contribution in [0.4, 0.5) is 0 Å². The fraction of sp³-hybridized carbons (Fsp3) is 0.700. The van der Waals surface area contributed by atoms with Crippen molar-refractivity contribution in [2.24, 2.45) is 0 Å². The molecule has 2 fully saturated rings. The summed E-state index contributed by atoms with van der Waals surface area (Å²) < 4.78 is 10.6. The third-order valence-electron chi connectivity index (χ3n) is 5.46. The van der Waals surface area contributed by atoms with Gasteiger partial charge in [-0.3, -0.25) is 9.59 Å². The summed E-state index contributed by atoms with van der Waals surface area (Å²) in [5, 5.41) is 0. The molecule has 3 rings (SSSR count). The van der Waals surface area contributed by atoms with E-state index >= 15 is 0 Å². The quantitative estimate of drug-likeness (QED) is 0.767. The van der Waals surface area contributed by atoms with Gasteiger partial charge in [-0.2, -0.15) is 0 Å². The Balaban J connectivity index is 1.91. The van der Waals surface area contributed by atoms with Crippen molar-refractivity contribution >= 4 is 11.9 Å². The van der Waals surface area contributed by atoms with Crippen molar-refractivity contribution in [1.82, 2.24) is 9.97 Å². The molecule has 1 heterocycles. The van der Waals surface area contributed by atoms with Crippen LogP contribution in [-0.4, -0.2) is 34.6 Å². The predicted molar refractivity (Wildman–Crippen MR) is 95.6 cm³/mol. The molecule has 0 spiro atoms. The van der Waals surface area contributed by atoms with Crippen LogP contribution in [0.5, 0.6) is 0 Å². The number of rotatable bonds is 4. The number of carbonyl (C=O) groups is 2. The summed E-state index contributed by atoms with van der Waals surface area (Å²) in [4.78, 5) is 34.1. The summed E-state index contributed by atoms with van der Waals surface area (Å²) in [5.74, 6) is 0.0239. The lowest BCUT2D eigenvalue weighted by Crippen LogP contribution is -2.44. The number of carbonyl (C=O) groups excluding carboxylic acids is 2. The van der Waals surface area contributed by atoms with Crippen LogP contribution in [0.1, 0.15) is 77.1 Å². The van der Waals surface area contributed by atoms with Gasteiger partial charge in [0.2, 0.25) is 0 Å². The van der Waals surface area contributed by atoms with Crippen LogP contribution in [0.15, 0.2) is 12.4 Å². The summed E-state index contributed by atoms with van der Waals surface area (Å²) in [6.45, 7) is 5.62. The zero-order chi connectivity index (χ0) is 19.0. The van der Waals surface area contributed by atoms with Gasteiger partial charge in [-0.05, 0) is 46.5 Å². The zero-order valence-electron chi connectivity index (χ0n) is 16.1. The third-order valence-corrected chi connectivity index (χ3v) is 5.46. The molecule has 0 aromatic carbocycles. The number of ether oxygens (including phenoxy) is 2. The maximum absolute atomic E-state index is 13.0. The number of esters is 2. The minimum atomic E-state index is -0.786. The van der Waals surface area contributed by atoms with E-state index in [1.165, 1.54) is 7.11 Å². The van der Waals surface area contributed by atoms with Crippen LogP contribution in [-0.2, 0) is 29.9 Å². The fourth-order valence-electron chi connectivity index (χ4n) is 3.80. The third kappa shape index (κ3) is 3.33. The van der Waals surface area contributed by atoms with E-state index in [0.717, 1.165) is 37.7 Å². The van der Waals surface area contributed by atoms with Gasteiger partial charge < -0.3 is 9.47 Å². The zero-order valence-corrected chi connectivity index (χ0v) is 16.1. The first-order valence-corrected chi connectivity index (χ1v) is 9.38. The second-order valence-corrected chi connectivity index (χ2v) is 8.51. The van der Waals surface area contributed by atoms with E-state index in [2.05, 4.69) is 9.97 Å². The molecule has 0 unspecified atom stereocenters. The molecule has 0 atom stereocenters. The number of hydrogen-bond acceptors (Lipinski definition) is 6. The average Bonchev–Trinajstić information content (AvgIpc) is 3.42. The predicted octanol–water partition coefficient (Wildman–Crippen LogP) is 3.22. The molecule has 6 nitrogen and oxygen atoms in total. The van der Waals surface area contributed by atoms with Crippen LogP contribution in [0.2, 0.25) is 0 Å². The first-order valence-electron chi connectivity index (χ1n) is 9.38. The number of methoxy groups -OCH3 is 1. The Kier molecular flexibility index (Phi) is 4.80. The second-order valence-electron chi connectivity index (χ2n) is 8.51. The molecule has 1 aromatic rings. The van der Waals surface area contributed by atoms with Gasteiger partial charge in [0.15, 0.2) is 0 Å². The van der Waals surface area contributed by atoms with E-state index < -0.39 is 16.4 Å². The Morgan fingerprint density at radius 1 is 0.923 bits per heavy atom. The Bertz CT molecular complexity index is 681. The Hall–Kier alpha value is -1.98. The molecule has 0 aliphatic heterocycles. The highest BCUT2D eigenvalue weighted by Crippen LogP contribution is 2.49. The van der Waals surface area contributed by atoms with Gasteiger partial charge >= 0.3 is 11.9 Å². The van der Waals surface area contributed by atoms with Crippen molar-refractivity contribution in [3.05, 3.63) is 23.8 Å². The Morgan fingerprint density at radius 2 is 1.50 bits per heavy atom. The van der Waals surface area contributed by atoms with Crippen LogP contribution in [0.25, 0.3) is 0 Å². The molecule has 142 valence electrons. The van der Waals surface area contributed by atoms with Gasteiger partial charge in [-0.1, -0.05) is 19.3 Å². The van der Waals surface area contributed by atoms with E-state index in [0.29, 0.717) is 18.7 Å². The average molecular weight is 360 g/mol. The molecule has 2 saturated carbocycles. The molecular formula is C20H28N2O4. The first-order chi connectivity index (χ1) is 12.2. The van der Waals surface area contributed by atoms with E-state index in [-0.39, 0.29) is 11.9 Å². The number of nitrogens with zero attached hydrogens (tertiary/aromatic N) is 2. The molecule has 2 aliphatic rings. The SMILES string of the molecule is COC(=O)C1(c2cnc(C3(C(=O)OC(C)(C)C)CCCCC3)nc2)CC1. The van der Waals surface area contributed by atoms with Crippen LogP contribution in [0.3, 0.4) is 0 Å². The monoisotopic (exact) mass is 360 g/mol. The van der Waals surface area contributed by atoms with Gasteiger partial charge in [0.25, 0.3) is 0 Å². The number of hydrogen-bond donors (Lipinski definition) is 0. The van der Waals surface area contributed by atoms with Crippen molar-refractivity contribution < 1.29 is 19.1 Å². The molecule has 0 radical (unpaired) electrons. The maximum atomic E-state index is 13.0. The normalized spacial score (nSPS) is 20.9. The van der Waals surface area contributed by atoms with Crippen LogP contribution in [0, 0.1) is 0 Å². The number of aromatic nitrogens is 2. The maximum Gasteiger partial charge on any atom is 0.320 e. The van der Waals surface area contributed by atoms with E-state index in [9.17, 15) is 9.59 Å². The summed E-state index contributed by atoms with van der Waals surface area (Å²) in [7, 11) is 1.40. The highest BCUT2D eigenvalue weighted by Gasteiger charge is 2.53. The first kappa shape index (κ1) is 18.8. The lowest BCUT2D eigenvalue weighted by molar-refractivity contribution is -0.164. The topological polar surface area (TPSA) is 78.4 Å². The Labute approximate surface area is 154 Å². The molecule has 0 N–H and O–H groups in total. The molecule has 0 saturated heterocycles. The summed E-state index contributed by atoms with van der Waals surface area (Å²) in [6, 6.07) is 0. The summed E-state index contributed by atoms with van der Waals surface area (Å²) >= 11 is 0. The van der Waals surface area contributed by atoms with Gasteiger partial charge in [0.05, 0.1) is 12.5 Å². The smallest absolute Gasteiger partial charge is 0.320 e. The molecule has 0 amide bonds. The molecule has 1 aromatic heterocycles. The van der Waals surface area contributed by atoms with Gasteiger partial charge in [-0.25, -0.2) is 9.97 Å². The van der Waals surface area contributed by atoms with E-state index in [4.69, 9.17) is 9.47 Å². The Morgan fingerprint density at radius 3 is 1.96 bits per heavy atom. The lowest BCUT2D eigenvalue weighted by Gasteiger charge is -2.36. The molecule has 6 heteroatoms. The van der Waals surface area contributed by atoms with Crippen LogP contribution < -0.4 is 0 Å². The molecule has 0 bridgehead atoms. The fourth-order valence-corrected chi connectivity index (χ4v) is 3.80. The molecule has 2 aliphatic carbocycles. The minimum absolute atomic E-state index is 0.242. The largest absolute Gasteiger partial charge is 0.468 e. The van der Waals surface area contributed by atoms with Crippen molar-refractivity contribution in [3.8, 4) is 0 Å². The summed E-state index contributed by atoms with van der Waals surface area (Å²) in [5.41, 5.74) is -1.17. The van der Waals surface area contributed by atoms with Crippen molar-refractivity contribution in [2.45, 2.75) is 82.1 Å². The van der Waals surface area contributed by atoms with E-state index in [1.807, 2.05) is 20.8 Å². The van der Waals surface area contributed by atoms with Crippen molar-refractivity contribution in [3.63, 3.8) is 0 Å². The molecular weight excluding hydrogens is 332 g/mol. The lowest BCUT2D eigenvalue weighted by atomic mass is 9.73. The highest BCUT2D eigenvalue weighted by atomic mass is 16.6. The second kappa shape index (κ2) is 6.63. The highest BCUT2D eigenvalue weighted by molar-refractivity contribution is 5.86. The van der Waals surface area contributed by atoms with Crippen molar-refractivity contribution in [1.29, 1.82) is 0 Å². The molecule has 26 heavy (non-hydrogen) atoms. The van der Waals surface area contributed by atoms with Gasteiger partial charge in [0.1, 0.15) is 16.8 Å².